The van der Waals surface area contributed by atoms with Crippen LogP contribution in [0.4, 0.5) is 0 Å². The Balaban J connectivity index is 1.31. The molecule has 26 heavy (non-hydrogen) atoms. The van der Waals surface area contributed by atoms with Crippen LogP contribution in [0.15, 0.2) is 29.6 Å². The minimum Gasteiger partial charge on any atom is -0.381 e. The van der Waals surface area contributed by atoms with E-state index in [9.17, 15) is 9.59 Å². The van der Waals surface area contributed by atoms with E-state index in [1.165, 1.54) is 11.1 Å². The molecule has 0 bridgehead atoms. The van der Waals surface area contributed by atoms with Gasteiger partial charge in [0.05, 0.1) is 18.6 Å². The Kier molecular flexibility index (Phi) is 4.63. The standard InChI is InChI=1S/C19H24N4O3/c1-26-6-2-3-18(24)22-8-14-10-23(11-15(14)9-22)19(25)13-4-5-16-17(7-13)21-12-20-16/h2-3,12-13H,4-11H2,1H3,(H,20,21)/b3-2+. The number of rotatable bonds is 4. The monoisotopic (exact) mass is 356 g/mol. The summed E-state index contributed by atoms with van der Waals surface area (Å²) in [6.45, 7) is 3.02. The number of H-pyrrole nitrogens is 1. The molecule has 0 saturated carbocycles. The number of aryl methyl sites for hydroxylation is 1. The zero-order valence-corrected chi connectivity index (χ0v) is 15.0. The van der Waals surface area contributed by atoms with Gasteiger partial charge in [-0.15, -0.1) is 0 Å². The molecule has 1 N–H and O–H groups in total. The van der Waals surface area contributed by atoms with Crippen molar-refractivity contribution >= 4 is 11.8 Å². The molecule has 0 radical (unpaired) electrons. The molecular formula is C19H24N4O3. The van der Waals surface area contributed by atoms with Crippen LogP contribution in [0, 0.1) is 5.92 Å². The zero-order chi connectivity index (χ0) is 18.1. The summed E-state index contributed by atoms with van der Waals surface area (Å²) in [5.74, 6) is 0.281. The summed E-state index contributed by atoms with van der Waals surface area (Å²) in [6.07, 6.45) is 7.51. The van der Waals surface area contributed by atoms with Crippen molar-refractivity contribution in [2.45, 2.75) is 19.3 Å². The van der Waals surface area contributed by atoms with E-state index in [-0.39, 0.29) is 17.7 Å². The second-order valence-electron chi connectivity index (χ2n) is 7.22. The molecule has 0 fully saturated rings. The number of amides is 2. The van der Waals surface area contributed by atoms with Crippen LogP contribution in [-0.2, 0) is 27.2 Å². The molecule has 2 amide bonds. The molecule has 1 unspecified atom stereocenters. The number of carbonyl (C=O) groups excluding carboxylic acids is 2. The van der Waals surface area contributed by atoms with E-state index in [1.54, 1.807) is 25.6 Å². The Bertz CT molecular complexity index is 762. The summed E-state index contributed by atoms with van der Waals surface area (Å²) in [5, 5.41) is 0. The lowest BCUT2D eigenvalue weighted by Gasteiger charge is -2.28. The Morgan fingerprint density at radius 1 is 1.27 bits per heavy atom. The lowest BCUT2D eigenvalue weighted by molar-refractivity contribution is -0.134. The van der Waals surface area contributed by atoms with Gasteiger partial charge < -0.3 is 19.5 Å². The van der Waals surface area contributed by atoms with Crippen molar-refractivity contribution in [3.63, 3.8) is 0 Å². The number of hydrogen-bond acceptors (Lipinski definition) is 4. The molecule has 138 valence electrons. The highest BCUT2D eigenvalue weighted by Gasteiger charge is 2.36. The Hall–Kier alpha value is -2.41. The first-order valence-electron chi connectivity index (χ1n) is 9.09. The molecule has 4 rings (SSSR count). The number of carbonyl (C=O) groups is 2. The van der Waals surface area contributed by atoms with Crippen molar-refractivity contribution in [1.29, 1.82) is 0 Å². The Morgan fingerprint density at radius 3 is 2.73 bits per heavy atom. The Labute approximate surface area is 152 Å². The van der Waals surface area contributed by atoms with Crippen molar-refractivity contribution in [3.05, 3.63) is 41.0 Å². The van der Waals surface area contributed by atoms with Gasteiger partial charge in [-0.2, -0.15) is 0 Å². The number of imidazole rings is 1. The molecule has 3 aliphatic rings. The maximum Gasteiger partial charge on any atom is 0.246 e. The van der Waals surface area contributed by atoms with Gasteiger partial charge in [-0.05, 0) is 24.0 Å². The number of aromatic nitrogens is 2. The van der Waals surface area contributed by atoms with Crippen molar-refractivity contribution in [3.8, 4) is 0 Å². The third kappa shape index (κ3) is 3.19. The van der Waals surface area contributed by atoms with E-state index in [4.69, 9.17) is 4.74 Å². The van der Waals surface area contributed by atoms with Gasteiger partial charge in [0.2, 0.25) is 11.8 Å². The smallest absolute Gasteiger partial charge is 0.246 e. The van der Waals surface area contributed by atoms with Crippen LogP contribution >= 0.6 is 0 Å². The number of methoxy groups -OCH3 is 1. The number of nitrogens with zero attached hydrogens (tertiary/aromatic N) is 3. The van der Waals surface area contributed by atoms with E-state index in [2.05, 4.69) is 9.97 Å². The van der Waals surface area contributed by atoms with Gasteiger partial charge >= 0.3 is 0 Å². The highest BCUT2D eigenvalue weighted by molar-refractivity contribution is 5.89. The van der Waals surface area contributed by atoms with Gasteiger partial charge in [0.25, 0.3) is 0 Å². The summed E-state index contributed by atoms with van der Waals surface area (Å²) in [5.41, 5.74) is 4.66. The quantitative estimate of drug-likeness (QED) is 0.636. The van der Waals surface area contributed by atoms with E-state index < -0.39 is 0 Å². The van der Waals surface area contributed by atoms with Crippen LogP contribution in [0.2, 0.25) is 0 Å². The highest BCUT2D eigenvalue weighted by Crippen LogP contribution is 2.30. The predicted octanol–water partition coefficient (Wildman–Crippen LogP) is 0.698. The second-order valence-corrected chi connectivity index (χ2v) is 7.22. The topological polar surface area (TPSA) is 78.5 Å². The Morgan fingerprint density at radius 2 is 2.00 bits per heavy atom. The molecule has 7 nitrogen and oxygen atoms in total. The molecular weight excluding hydrogens is 332 g/mol. The second kappa shape index (κ2) is 7.07. The summed E-state index contributed by atoms with van der Waals surface area (Å²) in [6, 6.07) is 0. The van der Waals surface area contributed by atoms with Crippen LogP contribution in [0.3, 0.4) is 0 Å². The fraction of sp³-hybridized carbons (Fsp3) is 0.526. The first-order valence-corrected chi connectivity index (χ1v) is 9.09. The van der Waals surface area contributed by atoms with Crippen LogP contribution in [0.5, 0.6) is 0 Å². The lowest BCUT2D eigenvalue weighted by atomic mass is 9.89. The van der Waals surface area contributed by atoms with Crippen molar-refractivity contribution in [1.82, 2.24) is 19.8 Å². The summed E-state index contributed by atoms with van der Waals surface area (Å²) >= 11 is 0. The highest BCUT2D eigenvalue weighted by atomic mass is 16.5. The van der Waals surface area contributed by atoms with Crippen LogP contribution in [0.25, 0.3) is 0 Å². The van der Waals surface area contributed by atoms with Gasteiger partial charge in [0, 0.05) is 57.4 Å². The van der Waals surface area contributed by atoms with Gasteiger partial charge in [0.15, 0.2) is 0 Å². The van der Waals surface area contributed by atoms with E-state index >= 15 is 0 Å². The zero-order valence-electron chi connectivity index (χ0n) is 15.0. The van der Waals surface area contributed by atoms with E-state index in [0.717, 1.165) is 30.7 Å². The number of nitrogens with one attached hydrogen (secondary N) is 1. The minimum absolute atomic E-state index is 0.00776. The van der Waals surface area contributed by atoms with Crippen LogP contribution in [0.1, 0.15) is 17.8 Å². The van der Waals surface area contributed by atoms with Gasteiger partial charge in [-0.25, -0.2) is 4.98 Å². The first kappa shape index (κ1) is 17.0. The maximum absolute atomic E-state index is 12.9. The molecule has 0 saturated heterocycles. The fourth-order valence-corrected chi connectivity index (χ4v) is 4.11. The molecule has 1 atom stereocenters. The van der Waals surface area contributed by atoms with E-state index in [0.29, 0.717) is 32.8 Å². The lowest BCUT2D eigenvalue weighted by Crippen LogP contribution is -2.40. The maximum atomic E-state index is 12.9. The molecule has 0 spiro atoms. The SMILES string of the molecule is COC/C=C/C(=O)N1CC2=C(C1)CN(C(=O)C1CCc3nc[nH]c3C1)C2. The van der Waals surface area contributed by atoms with Crippen molar-refractivity contribution in [2.24, 2.45) is 5.92 Å². The van der Waals surface area contributed by atoms with Gasteiger partial charge in [-0.3, -0.25) is 9.59 Å². The molecule has 0 aromatic carbocycles. The summed E-state index contributed by atoms with van der Waals surface area (Å²) in [7, 11) is 1.60. The number of hydrogen-bond donors (Lipinski definition) is 1. The molecule has 1 aliphatic carbocycles. The summed E-state index contributed by atoms with van der Waals surface area (Å²) < 4.78 is 4.93. The van der Waals surface area contributed by atoms with Crippen LogP contribution < -0.4 is 0 Å². The van der Waals surface area contributed by atoms with Crippen molar-refractivity contribution < 1.29 is 14.3 Å². The predicted molar refractivity (Wildman–Crippen MR) is 95.3 cm³/mol. The largest absolute Gasteiger partial charge is 0.381 e. The summed E-state index contributed by atoms with van der Waals surface area (Å²) in [4.78, 5) is 36.3. The average molecular weight is 356 g/mol. The average Bonchev–Trinajstić information content (AvgIpc) is 3.34. The van der Waals surface area contributed by atoms with Gasteiger partial charge in [-0.1, -0.05) is 6.08 Å². The van der Waals surface area contributed by atoms with Gasteiger partial charge in [0.1, 0.15) is 0 Å². The third-order valence-corrected chi connectivity index (χ3v) is 5.51. The first-order chi connectivity index (χ1) is 12.7. The van der Waals surface area contributed by atoms with Crippen LogP contribution in [-0.4, -0.2) is 71.5 Å². The molecule has 1 aromatic heterocycles. The fourth-order valence-electron chi connectivity index (χ4n) is 4.11. The number of fused-ring (bicyclic) bond motifs is 1. The number of aromatic amines is 1. The molecule has 3 heterocycles. The molecule has 1 aromatic rings. The van der Waals surface area contributed by atoms with E-state index in [1.807, 2.05) is 9.80 Å². The molecule has 7 heteroatoms. The van der Waals surface area contributed by atoms with Crippen molar-refractivity contribution in [2.75, 3.05) is 39.9 Å². The normalized spacial score (nSPS) is 22.3. The minimum atomic E-state index is 0.00776. The third-order valence-electron chi connectivity index (χ3n) is 5.51. The number of ether oxygens (including phenoxy) is 1. The molecule has 2 aliphatic heterocycles.